The minimum atomic E-state index is -0.321. The summed E-state index contributed by atoms with van der Waals surface area (Å²) in [6.45, 7) is 4.68. The fourth-order valence-electron chi connectivity index (χ4n) is 1.73. The van der Waals surface area contributed by atoms with Crippen molar-refractivity contribution < 1.29 is 14.6 Å². The van der Waals surface area contributed by atoms with Crippen LogP contribution < -0.4 is 11.3 Å². The lowest BCUT2D eigenvalue weighted by atomic mass is 10.2. The monoisotopic (exact) mass is 297 g/mol. The number of ether oxygens (including phenoxy) is 1. The average molecular weight is 297 g/mol. The molecule has 1 heterocycles. The molecule has 21 heavy (non-hydrogen) atoms. The minimum Gasteiger partial charge on any atom is -0.395 e. The fourth-order valence-corrected chi connectivity index (χ4v) is 1.73. The number of anilines is 1. The van der Waals surface area contributed by atoms with E-state index >= 15 is 0 Å². The predicted octanol–water partition coefficient (Wildman–Crippen LogP) is -0.0335. The zero-order chi connectivity index (χ0) is 15.8. The van der Waals surface area contributed by atoms with E-state index < -0.39 is 0 Å². The quantitative estimate of drug-likeness (QED) is 0.456. The maximum absolute atomic E-state index is 12.6. The Morgan fingerprint density at radius 1 is 1.52 bits per heavy atom. The van der Waals surface area contributed by atoms with Crippen molar-refractivity contribution in [3.8, 4) is 0 Å². The molecule has 1 aromatic heterocycles. The summed E-state index contributed by atoms with van der Waals surface area (Å²) < 4.78 is 4.97. The van der Waals surface area contributed by atoms with Gasteiger partial charge in [0.2, 0.25) is 0 Å². The molecule has 8 heteroatoms. The van der Waals surface area contributed by atoms with E-state index in [1.54, 1.807) is 7.11 Å². The number of aliphatic hydroxyl groups is 1. The molecule has 0 saturated heterocycles. The highest BCUT2D eigenvalue weighted by atomic mass is 16.5. The first-order valence-electron chi connectivity index (χ1n) is 6.77. The maximum Gasteiger partial charge on any atom is 0.274 e. The molecule has 118 valence electrons. The molecule has 0 atom stereocenters. The normalized spacial score (nSPS) is 10.8. The topological polar surface area (TPSA) is 114 Å². The third-order valence-electron chi connectivity index (χ3n) is 2.90. The third-order valence-corrected chi connectivity index (χ3v) is 2.90. The Kier molecular flexibility index (Phi) is 7.00. The molecule has 4 N–H and O–H groups in total. The number of carbonyl (C=O) groups excluding carboxylic acids is 1. The van der Waals surface area contributed by atoms with Gasteiger partial charge in [0, 0.05) is 26.1 Å². The lowest BCUT2D eigenvalue weighted by Crippen LogP contribution is -2.37. The van der Waals surface area contributed by atoms with E-state index in [0.717, 1.165) is 0 Å². The average Bonchev–Trinajstić information content (AvgIpc) is 2.49. The summed E-state index contributed by atoms with van der Waals surface area (Å²) in [7, 11) is 1.55. The van der Waals surface area contributed by atoms with Crippen molar-refractivity contribution in [2.24, 2.45) is 5.84 Å². The molecule has 0 radical (unpaired) electrons. The largest absolute Gasteiger partial charge is 0.395 e. The smallest absolute Gasteiger partial charge is 0.274 e. The number of carbonyl (C=O) groups is 1. The summed E-state index contributed by atoms with van der Waals surface area (Å²) in [6.07, 6.45) is 1.49. The number of nitrogen functional groups attached to an aromatic ring is 1. The SMILES string of the molecule is COCCN(CCO)C(=O)c1nc(C(C)C)ncc1NN. The zero-order valence-electron chi connectivity index (χ0n) is 12.7. The standard InChI is InChI=1S/C13H23N5O3/c1-9(2)12-15-8-10(17-14)11(16-12)13(20)18(4-6-19)5-7-21-3/h8-9,17,19H,4-7,14H2,1-3H3. The van der Waals surface area contributed by atoms with Gasteiger partial charge in [-0.05, 0) is 0 Å². The molecular weight excluding hydrogens is 274 g/mol. The Morgan fingerprint density at radius 3 is 2.76 bits per heavy atom. The minimum absolute atomic E-state index is 0.0913. The highest BCUT2D eigenvalue weighted by Crippen LogP contribution is 2.17. The van der Waals surface area contributed by atoms with Gasteiger partial charge in [-0.2, -0.15) is 0 Å². The Morgan fingerprint density at radius 2 is 2.24 bits per heavy atom. The van der Waals surface area contributed by atoms with Crippen LogP contribution in [0.2, 0.25) is 0 Å². The predicted molar refractivity (Wildman–Crippen MR) is 78.8 cm³/mol. The van der Waals surface area contributed by atoms with Gasteiger partial charge in [-0.1, -0.05) is 13.8 Å². The molecule has 0 aliphatic carbocycles. The summed E-state index contributed by atoms with van der Waals surface area (Å²) in [6, 6.07) is 0. The number of nitrogens with two attached hydrogens (primary N) is 1. The van der Waals surface area contributed by atoms with Crippen LogP contribution in [-0.2, 0) is 4.74 Å². The number of hydrogen-bond donors (Lipinski definition) is 3. The van der Waals surface area contributed by atoms with Crippen LogP contribution in [-0.4, -0.2) is 59.3 Å². The summed E-state index contributed by atoms with van der Waals surface area (Å²) in [5, 5.41) is 9.09. The lowest BCUT2D eigenvalue weighted by molar-refractivity contribution is 0.0651. The molecule has 1 rings (SSSR count). The van der Waals surface area contributed by atoms with Gasteiger partial charge < -0.3 is 20.2 Å². The van der Waals surface area contributed by atoms with Crippen molar-refractivity contribution in [3.05, 3.63) is 17.7 Å². The highest BCUT2D eigenvalue weighted by molar-refractivity contribution is 5.97. The van der Waals surface area contributed by atoms with Crippen LogP contribution in [0.5, 0.6) is 0 Å². The van der Waals surface area contributed by atoms with E-state index in [-0.39, 0.29) is 30.7 Å². The van der Waals surface area contributed by atoms with E-state index in [1.165, 1.54) is 11.1 Å². The number of amides is 1. The highest BCUT2D eigenvalue weighted by Gasteiger charge is 2.21. The third kappa shape index (κ3) is 4.62. The maximum atomic E-state index is 12.6. The molecule has 1 aromatic rings. The molecule has 0 saturated carbocycles. The Labute approximate surface area is 124 Å². The lowest BCUT2D eigenvalue weighted by Gasteiger charge is -2.22. The fraction of sp³-hybridized carbons (Fsp3) is 0.615. The number of nitrogens with zero attached hydrogens (tertiary/aromatic N) is 3. The van der Waals surface area contributed by atoms with Crippen molar-refractivity contribution in [3.63, 3.8) is 0 Å². The molecule has 1 amide bonds. The zero-order valence-corrected chi connectivity index (χ0v) is 12.7. The van der Waals surface area contributed by atoms with Gasteiger partial charge in [-0.15, -0.1) is 0 Å². The molecule has 0 bridgehead atoms. The number of hydrazine groups is 1. The van der Waals surface area contributed by atoms with Crippen molar-refractivity contribution in [1.82, 2.24) is 14.9 Å². The molecule has 0 aromatic carbocycles. The van der Waals surface area contributed by atoms with E-state index in [2.05, 4.69) is 15.4 Å². The molecule has 0 aliphatic heterocycles. The molecule has 0 spiro atoms. The van der Waals surface area contributed by atoms with Crippen molar-refractivity contribution in [2.75, 3.05) is 38.8 Å². The second-order valence-corrected chi connectivity index (χ2v) is 4.80. The van der Waals surface area contributed by atoms with Gasteiger partial charge in [-0.25, -0.2) is 9.97 Å². The molecule has 0 unspecified atom stereocenters. The summed E-state index contributed by atoms with van der Waals surface area (Å²) in [4.78, 5) is 22.5. The van der Waals surface area contributed by atoms with E-state index in [4.69, 9.17) is 15.7 Å². The number of aromatic nitrogens is 2. The number of nitrogens with one attached hydrogen (secondary N) is 1. The Hall–Kier alpha value is -1.77. The van der Waals surface area contributed by atoms with E-state index in [0.29, 0.717) is 24.7 Å². The summed E-state index contributed by atoms with van der Waals surface area (Å²) in [5.74, 6) is 5.75. The summed E-state index contributed by atoms with van der Waals surface area (Å²) in [5.41, 5.74) is 2.98. The van der Waals surface area contributed by atoms with Crippen LogP contribution in [0.4, 0.5) is 5.69 Å². The second-order valence-electron chi connectivity index (χ2n) is 4.80. The van der Waals surface area contributed by atoms with Crippen LogP contribution in [0, 0.1) is 0 Å². The van der Waals surface area contributed by atoms with Crippen molar-refractivity contribution in [1.29, 1.82) is 0 Å². The number of methoxy groups -OCH3 is 1. The molecular formula is C13H23N5O3. The first-order valence-corrected chi connectivity index (χ1v) is 6.77. The first-order chi connectivity index (χ1) is 10.0. The molecule has 8 nitrogen and oxygen atoms in total. The van der Waals surface area contributed by atoms with Gasteiger partial charge in [-0.3, -0.25) is 10.6 Å². The summed E-state index contributed by atoms with van der Waals surface area (Å²) >= 11 is 0. The second kappa shape index (κ2) is 8.50. The Bertz CT molecular complexity index is 467. The van der Waals surface area contributed by atoms with Gasteiger partial charge in [0.05, 0.1) is 25.1 Å². The van der Waals surface area contributed by atoms with Crippen LogP contribution in [0.25, 0.3) is 0 Å². The number of hydrogen-bond acceptors (Lipinski definition) is 7. The number of rotatable bonds is 8. The van der Waals surface area contributed by atoms with Crippen LogP contribution in [0.15, 0.2) is 6.20 Å². The van der Waals surface area contributed by atoms with Gasteiger partial charge in [0.15, 0.2) is 5.69 Å². The van der Waals surface area contributed by atoms with Crippen LogP contribution in [0.3, 0.4) is 0 Å². The molecule has 0 aliphatic rings. The molecule has 0 fully saturated rings. The van der Waals surface area contributed by atoms with Crippen molar-refractivity contribution in [2.45, 2.75) is 19.8 Å². The van der Waals surface area contributed by atoms with Crippen LogP contribution in [0.1, 0.15) is 36.1 Å². The van der Waals surface area contributed by atoms with E-state index in [1.807, 2.05) is 13.8 Å². The van der Waals surface area contributed by atoms with Crippen LogP contribution >= 0.6 is 0 Å². The first kappa shape index (κ1) is 17.3. The number of aliphatic hydroxyl groups excluding tert-OH is 1. The van der Waals surface area contributed by atoms with Gasteiger partial charge in [0.1, 0.15) is 5.82 Å². The van der Waals surface area contributed by atoms with Gasteiger partial charge in [0.25, 0.3) is 5.91 Å². The Balaban J connectivity index is 3.08. The van der Waals surface area contributed by atoms with Crippen molar-refractivity contribution >= 4 is 11.6 Å². The van der Waals surface area contributed by atoms with E-state index in [9.17, 15) is 4.79 Å². The van der Waals surface area contributed by atoms with Gasteiger partial charge >= 0.3 is 0 Å².